The number of hydrogen-bond donors (Lipinski definition) is 1. The van der Waals surface area contributed by atoms with Gasteiger partial charge in [-0.15, -0.1) is 0 Å². The summed E-state index contributed by atoms with van der Waals surface area (Å²) in [5.74, 6) is -0.350. The lowest BCUT2D eigenvalue weighted by atomic mass is 9.73. The first-order valence-corrected chi connectivity index (χ1v) is 10.7. The third-order valence-corrected chi connectivity index (χ3v) is 5.85. The Labute approximate surface area is 184 Å². The largest absolute Gasteiger partial charge is 0.348 e. The van der Waals surface area contributed by atoms with E-state index in [0.29, 0.717) is 19.5 Å². The highest BCUT2D eigenvalue weighted by molar-refractivity contribution is 5.86. The Morgan fingerprint density at radius 1 is 1.03 bits per heavy atom. The molecule has 0 spiro atoms. The average molecular weight is 422 g/mol. The third kappa shape index (κ3) is 5.51. The first-order chi connectivity index (χ1) is 14.8. The topological polar surface area (TPSA) is 69.7 Å². The van der Waals surface area contributed by atoms with E-state index in [2.05, 4.69) is 35.6 Å². The molecule has 0 aromatic heterocycles. The van der Waals surface area contributed by atoms with Gasteiger partial charge in [0.15, 0.2) is 0 Å². The second kappa shape index (κ2) is 9.77. The minimum atomic E-state index is -0.678. The van der Waals surface area contributed by atoms with E-state index in [-0.39, 0.29) is 24.3 Å². The van der Waals surface area contributed by atoms with Crippen molar-refractivity contribution < 1.29 is 14.4 Å². The summed E-state index contributed by atoms with van der Waals surface area (Å²) in [4.78, 5) is 40.5. The Morgan fingerprint density at radius 3 is 2.42 bits per heavy atom. The zero-order chi connectivity index (χ0) is 22.4. The Kier molecular flexibility index (Phi) is 7.10. The van der Waals surface area contributed by atoms with Crippen LogP contribution in [0.2, 0.25) is 0 Å². The predicted octanol–water partition coefficient (Wildman–Crippen LogP) is 2.73. The van der Waals surface area contributed by atoms with E-state index in [9.17, 15) is 14.4 Å². The van der Waals surface area contributed by atoms with Gasteiger partial charge in [0.2, 0.25) is 17.7 Å². The molecule has 6 nitrogen and oxygen atoms in total. The van der Waals surface area contributed by atoms with Gasteiger partial charge in [0.05, 0.1) is 12.0 Å². The van der Waals surface area contributed by atoms with E-state index < -0.39 is 5.41 Å². The van der Waals surface area contributed by atoms with Gasteiger partial charge in [-0.1, -0.05) is 54.6 Å². The van der Waals surface area contributed by atoms with E-state index >= 15 is 0 Å². The molecule has 164 valence electrons. The number of rotatable bonds is 6. The van der Waals surface area contributed by atoms with Crippen LogP contribution in [0.4, 0.5) is 0 Å². The molecule has 0 bridgehead atoms. The molecule has 1 fully saturated rings. The summed E-state index contributed by atoms with van der Waals surface area (Å²) in [5.41, 5.74) is 2.64. The average Bonchev–Trinajstić information content (AvgIpc) is 2.77. The molecular formula is C25H31N3O3. The Morgan fingerprint density at radius 2 is 1.74 bits per heavy atom. The first-order valence-electron chi connectivity index (χ1n) is 10.7. The van der Waals surface area contributed by atoms with Crippen molar-refractivity contribution in [3.63, 3.8) is 0 Å². The Hall–Kier alpha value is -3.15. The predicted molar refractivity (Wildman–Crippen MR) is 121 cm³/mol. The van der Waals surface area contributed by atoms with Gasteiger partial charge < -0.3 is 15.1 Å². The van der Waals surface area contributed by atoms with Crippen LogP contribution in [0.25, 0.3) is 11.1 Å². The molecule has 2 aromatic carbocycles. The minimum absolute atomic E-state index is 0.0366. The molecule has 3 rings (SSSR count). The molecule has 31 heavy (non-hydrogen) atoms. The normalized spacial score (nSPS) is 18.4. The second-order valence-corrected chi connectivity index (χ2v) is 8.55. The summed E-state index contributed by atoms with van der Waals surface area (Å²) in [6, 6.07) is 18.4. The number of benzene rings is 2. The monoisotopic (exact) mass is 421 g/mol. The van der Waals surface area contributed by atoms with Gasteiger partial charge in [0.1, 0.15) is 0 Å². The Balaban J connectivity index is 1.87. The molecule has 0 unspecified atom stereocenters. The first kappa shape index (κ1) is 22.5. The van der Waals surface area contributed by atoms with Crippen molar-refractivity contribution in [1.29, 1.82) is 0 Å². The van der Waals surface area contributed by atoms with Crippen LogP contribution in [0.3, 0.4) is 0 Å². The van der Waals surface area contributed by atoms with Crippen molar-refractivity contribution in [3.05, 3.63) is 60.2 Å². The maximum atomic E-state index is 13.3. The van der Waals surface area contributed by atoms with Gasteiger partial charge in [0.25, 0.3) is 0 Å². The van der Waals surface area contributed by atoms with Crippen molar-refractivity contribution >= 4 is 17.7 Å². The highest BCUT2D eigenvalue weighted by Gasteiger charge is 2.44. The number of hydrogen-bond acceptors (Lipinski definition) is 3. The zero-order valence-electron chi connectivity index (χ0n) is 18.6. The number of carbonyl (C=O) groups excluding carboxylic acids is 3. The van der Waals surface area contributed by atoms with Crippen LogP contribution in [-0.2, 0) is 20.8 Å². The van der Waals surface area contributed by atoms with E-state index in [4.69, 9.17) is 0 Å². The van der Waals surface area contributed by atoms with Crippen LogP contribution < -0.4 is 5.32 Å². The number of likely N-dealkylation sites (tertiary alicyclic amines) is 1. The van der Waals surface area contributed by atoms with Gasteiger partial charge in [-0.2, -0.15) is 0 Å². The van der Waals surface area contributed by atoms with Gasteiger partial charge in [0, 0.05) is 34.1 Å². The maximum Gasteiger partial charge on any atom is 0.241 e. The van der Waals surface area contributed by atoms with Gasteiger partial charge >= 0.3 is 0 Å². The molecule has 3 amide bonds. The fourth-order valence-electron chi connectivity index (χ4n) is 4.41. The van der Waals surface area contributed by atoms with Crippen molar-refractivity contribution in [2.75, 3.05) is 33.7 Å². The molecule has 6 heteroatoms. The summed E-state index contributed by atoms with van der Waals surface area (Å²) in [6.45, 7) is 2.32. The zero-order valence-corrected chi connectivity index (χ0v) is 18.6. The summed E-state index contributed by atoms with van der Waals surface area (Å²) in [7, 11) is 3.53. The SMILES string of the molecule is CC(=O)NCC(=O)N1CCC[C@](Cc2cccc(-c3ccccc3)c2)(C(=O)N(C)C)C1. The number of nitrogens with one attached hydrogen (secondary N) is 1. The summed E-state index contributed by atoms with van der Waals surface area (Å²) in [6.07, 6.45) is 2.04. The fraction of sp³-hybridized carbons (Fsp3) is 0.400. The van der Waals surface area contributed by atoms with Crippen molar-refractivity contribution in [3.8, 4) is 11.1 Å². The van der Waals surface area contributed by atoms with E-state index in [1.54, 1.807) is 23.9 Å². The molecule has 1 aliphatic rings. The molecule has 1 atom stereocenters. The highest BCUT2D eigenvalue weighted by Crippen LogP contribution is 2.36. The number of piperidine rings is 1. The lowest BCUT2D eigenvalue weighted by Gasteiger charge is -2.43. The standard InChI is InChI=1S/C25H31N3O3/c1-19(29)26-17-23(30)28-14-8-13-25(18-28,24(31)27(2)3)16-20-9-7-12-22(15-20)21-10-5-4-6-11-21/h4-7,9-12,15H,8,13-14,16-18H2,1-3H3,(H,26,29)/t25-/m1/s1. The smallest absolute Gasteiger partial charge is 0.241 e. The molecule has 0 saturated carbocycles. The van der Waals surface area contributed by atoms with Crippen molar-refractivity contribution in [2.24, 2.45) is 5.41 Å². The Bertz CT molecular complexity index is 942. The molecule has 1 N–H and O–H groups in total. The van der Waals surface area contributed by atoms with Crippen LogP contribution in [0, 0.1) is 5.41 Å². The fourth-order valence-corrected chi connectivity index (χ4v) is 4.41. The second-order valence-electron chi connectivity index (χ2n) is 8.55. The van der Waals surface area contributed by atoms with Gasteiger partial charge in [-0.3, -0.25) is 14.4 Å². The van der Waals surface area contributed by atoms with Crippen LogP contribution in [0.15, 0.2) is 54.6 Å². The molecule has 0 aliphatic carbocycles. The van der Waals surface area contributed by atoms with Crippen molar-refractivity contribution in [1.82, 2.24) is 15.1 Å². The number of nitrogens with zero attached hydrogens (tertiary/aromatic N) is 2. The van der Waals surface area contributed by atoms with E-state index in [0.717, 1.165) is 29.5 Å². The molecule has 1 aliphatic heterocycles. The molecular weight excluding hydrogens is 390 g/mol. The van der Waals surface area contributed by atoms with Crippen molar-refractivity contribution in [2.45, 2.75) is 26.2 Å². The lowest BCUT2D eigenvalue weighted by molar-refractivity contribution is -0.147. The van der Waals surface area contributed by atoms with Gasteiger partial charge in [-0.05, 0) is 36.0 Å². The quantitative estimate of drug-likeness (QED) is 0.780. The minimum Gasteiger partial charge on any atom is -0.348 e. The highest BCUT2D eigenvalue weighted by atomic mass is 16.2. The number of amides is 3. The molecule has 1 heterocycles. The molecule has 1 saturated heterocycles. The summed E-state index contributed by atoms with van der Waals surface area (Å²) >= 11 is 0. The maximum absolute atomic E-state index is 13.3. The third-order valence-electron chi connectivity index (χ3n) is 5.85. The lowest BCUT2D eigenvalue weighted by Crippen LogP contribution is -2.55. The molecule has 0 radical (unpaired) electrons. The van der Waals surface area contributed by atoms with Crippen LogP contribution in [0.1, 0.15) is 25.3 Å². The number of carbonyl (C=O) groups is 3. The molecule has 2 aromatic rings. The summed E-state index contributed by atoms with van der Waals surface area (Å²) < 4.78 is 0. The summed E-state index contributed by atoms with van der Waals surface area (Å²) in [5, 5.41) is 2.57. The van der Waals surface area contributed by atoms with Gasteiger partial charge in [-0.25, -0.2) is 0 Å². The van der Waals surface area contributed by atoms with Crippen LogP contribution in [-0.4, -0.2) is 61.3 Å². The van der Waals surface area contributed by atoms with Crippen LogP contribution in [0.5, 0.6) is 0 Å². The van der Waals surface area contributed by atoms with E-state index in [1.807, 2.05) is 24.3 Å². The van der Waals surface area contributed by atoms with Crippen LogP contribution >= 0.6 is 0 Å². The van der Waals surface area contributed by atoms with E-state index in [1.165, 1.54) is 6.92 Å².